The molecule has 7 heteroatoms. The summed E-state index contributed by atoms with van der Waals surface area (Å²) in [7, 11) is 1.94. The smallest absolute Gasteiger partial charge is 0.261 e. The van der Waals surface area contributed by atoms with Gasteiger partial charge in [-0.2, -0.15) is 0 Å². The van der Waals surface area contributed by atoms with E-state index >= 15 is 0 Å². The molecule has 3 aromatic heterocycles. The number of carbonyl (C=O) groups is 1. The monoisotopic (exact) mass is 416 g/mol. The van der Waals surface area contributed by atoms with Crippen molar-refractivity contribution in [3.8, 4) is 0 Å². The van der Waals surface area contributed by atoms with Crippen molar-refractivity contribution in [3.63, 3.8) is 0 Å². The van der Waals surface area contributed by atoms with Crippen LogP contribution in [0.15, 0.2) is 70.0 Å². The molecule has 0 fully saturated rings. The van der Waals surface area contributed by atoms with Crippen molar-refractivity contribution in [2.45, 2.75) is 26.6 Å². The summed E-state index contributed by atoms with van der Waals surface area (Å²) in [6.45, 7) is 3.35. The summed E-state index contributed by atoms with van der Waals surface area (Å²) >= 11 is 0. The molecule has 0 bridgehead atoms. The molecule has 4 aromatic rings. The topological polar surface area (TPSA) is 91.2 Å². The van der Waals surface area contributed by atoms with E-state index in [-0.39, 0.29) is 5.56 Å². The SMILES string of the molecule is Cc1ccc(CN(C)Cc2ccc(C(=O)NCc3cnc4ccccc4c3)c(=O)[nH]2)o1. The number of aromatic amines is 1. The lowest BCUT2D eigenvalue weighted by atomic mass is 10.1. The van der Waals surface area contributed by atoms with Crippen molar-refractivity contribution in [2.24, 2.45) is 0 Å². The summed E-state index contributed by atoms with van der Waals surface area (Å²) in [4.78, 5) is 34.2. The number of amides is 1. The first-order chi connectivity index (χ1) is 15.0. The number of nitrogens with zero attached hydrogens (tertiary/aromatic N) is 2. The first kappa shape index (κ1) is 20.6. The van der Waals surface area contributed by atoms with E-state index in [0.29, 0.717) is 19.6 Å². The molecule has 31 heavy (non-hydrogen) atoms. The minimum absolute atomic E-state index is 0.0850. The van der Waals surface area contributed by atoms with Gasteiger partial charge in [-0.25, -0.2) is 0 Å². The van der Waals surface area contributed by atoms with Crippen LogP contribution in [-0.4, -0.2) is 27.8 Å². The summed E-state index contributed by atoms with van der Waals surface area (Å²) in [5.41, 5.74) is 2.17. The number of hydrogen-bond donors (Lipinski definition) is 2. The number of fused-ring (bicyclic) bond motifs is 1. The zero-order chi connectivity index (χ0) is 21.8. The maximum atomic E-state index is 12.5. The van der Waals surface area contributed by atoms with Gasteiger partial charge in [-0.3, -0.25) is 19.5 Å². The van der Waals surface area contributed by atoms with Gasteiger partial charge in [0, 0.05) is 30.4 Å². The molecule has 0 saturated carbocycles. The van der Waals surface area contributed by atoms with Gasteiger partial charge in [0.05, 0.1) is 12.1 Å². The van der Waals surface area contributed by atoms with Crippen molar-refractivity contribution in [3.05, 3.63) is 99.5 Å². The average molecular weight is 416 g/mol. The molecular weight excluding hydrogens is 392 g/mol. The second kappa shape index (κ2) is 8.97. The average Bonchev–Trinajstić information content (AvgIpc) is 3.16. The highest BCUT2D eigenvalue weighted by molar-refractivity contribution is 5.93. The normalized spacial score (nSPS) is 11.2. The quantitative estimate of drug-likeness (QED) is 0.482. The summed E-state index contributed by atoms with van der Waals surface area (Å²) in [6, 6.07) is 17.0. The summed E-state index contributed by atoms with van der Waals surface area (Å²) in [5.74, 6) is 1.31. The number of aryl methyl sites for hydroxylation is 1. The number of para-hydroxylation sites is 1. The van der Waals surface area contributed by atoms with Crippen LogP contribution in [0, 0.1) is 6.92 Å². The van der Waals surface area contributed by atoms with E-state index in [2.05, 4.69) is 15.3 Å². The van der Waals surface area contributed by atoms with Crippen LogP contribution in [0.4, 0.5) is 0 Å². The zero-order valence-corrected chi connectivity index (χ0v) is 17.5. The Hall–Kier alpha value is -3.71. The highest BCUT2D eigenvalue weighted by Crippen LogP contribution is 2.13. The van der Waals surface area contributed by atoms with Crippen molar-refractivity contribution in [1.82, 2.24) is 20.2 Å². The second-order valence-corrected chi connectivity index (χ2v) is 7.63. The van der Waals surface area contributed by atoms with Gasteiger partial charge < -0.3 is 14.7 Å². The highest BCUT2D eigenvalue weighted by atomic mass is 16.3. The minimum atomic E-state index is -0.416. The van der Waals surface area contributed by atoms with Crippen molar-refractivity contribution >= 4 is 16.8 Å². The molecule has 0 radical (unpaired) electrons. The molecule has 0 unspecified atom stereocenters. The van der Waals surface area contributed by atoms with Crippen LogP contribution >= 0.6 is 0 Å². The van der Waals surface area contributed by atoms with E-state index in [4.69, 9.17) is 4.42 Å². The van der Waals surface area contributed by atoms with E-state index in [1.165, 1.54) is 0 Å². The molecule has 0 atom stereocenters. The van der Waals surface area contributed by atoms with E-state index in [0.717, 1.165) is 33.7 Å². The Balaban J connectivity index is 1.37. The highest BCUT2D eigenvalue weighted by Gasteiger charge is 2.12. The van der Waals surface area contributed by atoms with Gasteiger partial charge in [-0.1, -0.05) is 18.2 Å². The molecule has 2 N–H and O–H groups in total. The van der Waals surface area contributed by atoms with Crippen LogP contribution in [-0.2, 0) is 19.6 Å². The molecule has 158 valence electrons. The maximum absolute atomic E-state index is 12.5. The van der Waals surface area contributed by atoms with Crippen LogP contribution < -0.4 is 10.9 Å². The fourth-order valence-electron chi connectivity index (χ4n) is 3.46. The van der Waals surface area contributed by atoms with Gasteiger partial charge in [0.1, 0.15) is 17.1 Å². The number of aromatic nitrogens is 2. The third-order valence-electron chi connectivity index (χ3n) is 4.98. The summed E-state index contributed by atoms with van der Waals surface area (Å²) in [5, 5.41) is 3.80. The van der Waals surface area contributed by atoms with E-state index in [1.54, 1.807) is 18.3 Å². The number of H-pyrrole nitrogens is 1. The van der Waals surface area contributed by atoms with Crippen LogP contribution in [0.25, 0.3) is 10.9 Å². The van der Waals surface area contributed by atoms with E-state index < -0.39 is 11.5 Å². The van der Waals surface area contributed by atoms with E-state index in [1.807, 2.05) is 61.3 Å². The lowest BCUT2D eigenvalue weighted by Gasteiger charge is -2.15. The first-order valence-electron chi connectivity index (χ1n) is 10.1. The summed E-state index contributed by atoms with van der Waals surface area (Å²) < 4.78 is 5.58. The Labute approximate surface area is 179 Å². The van der Waals surface area contributed by atoms with Crippen LogP contribution in [0.1, 0.15) is 33.1 Å². The number of pyridine rings is 2. The van der Waals surface area contributed by atoms with Gasteiger partial charge >= 0.3 is 0 Å². The largest absolute Gasteiger partial charge is 0.465 e. The maximum Gasteiger partial charge on any atom is 0.261 e. The number of nitrogens with one attached hydrogen (secondary N) is 2. The van der Waals surface area contributed by atoms with Crippen molar-refractivity contribution in [1.29, 1.82) is 0 Å². The Morgan fingerprint density at radius 1 is 1.13 bits per heavy atom. The number of benzene rings is 1. The predicted octanol–water partition coefficient (Wildman–Crippen LogP) is 3.39. The molecule has 1 amide bonds. The van der Waals surface area contributed by atoms with Gasteiger partial charge in [0.2, 0.25) is 0 Å². The minimum Gasteiger partial charge on any atom is -0.465 e. The third-order valence-corrected chi connectivity index (χ3v) is 4.98. The molecule has 1 aromatic carbocycles. The van der Waals surface area contributed by atoms with Crippen molar-refractivity contribution < 1.29 is 9.21 Å². The fourth-order valence-corrected chi connectivity index (χ4v) is 3.46. The summed E-state index contributed by atoms with van der Waals surface area (Å²) in [6.07, 6.45) is 1.73. The Morgan fingerprint density at radius 3 is 2.74 bits per heavy atom. The van der Waals surface area contributed by atoms with Gasteiger partial charge in [0.15, 0.2) is 0 Å². The molecule has 0 spiro atoms. The zero-order valence-electron chi connectivity index (χ0n) is 17.5. The molecule has 0 aliphatic rings. The molecular formula is C24H24N4O3. The predicted molar refractivity (Wildman–Crippen MR) is 119 cm³/mol. The van der Waals surface area contributed by atoms with Crippen LogP contribution in [0.5, 0.6) is 0 Å². The molecule has 3 heterocycles. The van der Waals surface area contributed by atoms with Gasteiger partial charge in [0.25, 0.3) is 11.5 Å². The second-order valence-electron chi connectivity index (χ2n) is 7.63. The number of carbonyl (C=O) groups excluding carboxylic acids is 1. The van der Waals surface area contributed by atoms with Crippen LogP contribution in [0.3, 0.4) is 0 Å². The Bertz CT molecular complexity index is 1280. The third kappa shape index (κ3) is 5.07. The molecule has 7 nitrogen and oxygen atoms in total. The molecule has 4 rings (SSSR count). The molecule has 0 saturated heterocycles. The van der Waals surface area contributed by atoms with Gasteiger partial charge in [-0.15, -0.1) is 0 Å². The molecule has 0 aliphatic carbocycles. The standard InChI is InChI=1S/C24H24N4O3/c1-16-7-9-20(31-16)15-28(2)14-19-8-10-21(24(30)27-19)23(29)26-13-17-11-18-5-3-4-6-22(18)25-12-17/h3-12H,13-15H2,1-2H3,(H,26,29)(H,27,30). The lowest BCUT2D eigenvalue weighted by Crippen LogP contribution is -2.30. The molecule has 0 aliphatic heterocycles. The van der Waals surface area contributed by atoms with Gasteiger partial charge in [-0.05, 0) is 55.9 Å². The van der Waals surface area contributed by atoms with E-state index in [9.17, 15) is 9.59 Å². The number of hydrogen-bond acceptors (Lipinski definition) is 5. The van der Waals surface area contributed by atoms with Crippen LogP contribution in [0.2, 0.25) is 0 Å². The number of furan rings is 1. The lowest BCUT2D eigenvalue weighted by molar-refractivity contribution is 0.0949. The Kier molecular flexibility index (Phi) is 5.95. The fraction of sp³-hybridized carbons (Fsp3) is 0.208. The van der Waals surface area contributed by atoms with Crippen molar-refractivity contribution in [2.75, 3.05) is 7.05 Å². The number of rotatable bonds is 7. The first-order valence-corrected chi connectivity index (χ1v) is 10.1. The Morgan fingerprint density at radius 2 is 1.97 bits per heavy atom.